The lowest BCUT2D eigenvalue weighted by Gasteiger charge is -2.33. The van der Waals surface area contributed by atoms with Gasteiger partial charge in [-0.1, -0.05) is 37.3 Å². The van der Waals surface area contributed by atoms with Crippen LogP contribution in [-0.2, 0) is 24.8 Å². The van der Waals surface area contributed by atoms with Gasteiger partial charge in [0.05, 0.1) is 0 Å². The highest BCUT2D eigenvalue weighted by molar-refractivity contribution is 7.87. The lowest BCUT2D eigenvalue weighted by atomic mass is 10.1. The number of amides is 1. The van der Waals surface area contributed by atoms with E-state index in [1.165, 1.54) is 6.92 Å². The van der Waals surface area contributed by atoms with Gasteiger partial charge in [0.15, 0.2) is 5.72 Å². The molecule has 2 atom stereocenters. The molecule has 1 aliphatic rings. The smallest absolute Gasteiger partial charge is 0.409 e. The van der Waals surface area contributed by atoms with Crippen molar-refractivity contribution < 1.29 is 22.1 Å². The zero-order valence-corrected chi connectivity index (χ0v) is 12.1. The molecule has 1 aliphatic heterocycles. The first-order chi connectivity index (χ1) is 9.37. The maximum absolute atomic E-state index is 12.2. The number of hydrogen-bond donors (Lipinski definition) is 1. The Morgan fingerprint density at radius 2 is 2.00 bits per heavy atom. The van der Waals surface area contributed by atoms with Crippen molar-refractivity contribution in [1.82, 2.24) is 5.32 Å². The first-order valence-corrected chi connectivity index (χ1v) is 7.79. The van der Waals surface area contributed by atoms with E-state index in [2.05, 4.69) is 5.32 Å². The molecule has 1 heterocycles. The van der Waals surface area contributed by atoms with Crippen molar-refractivity contribution in [2.24, 2.45) is 0 Å². The molecule has 0 spiro atoms. The third kappa shape index (κ3) is 2.94. The number of hydrogen-bond acceptors (Lipinski definition) is 5. The topological polar surface area (TPSA) is 81.7 Å². The molecule has 20 heavy (non-hydrogen) atoms. The highest BCUT2D eigenvalue weighted by Crippen LogP contribution is 2.28. The van der Waals surface area contributed by atoms with Crippen LogP contribution in [0.5, 0.6) is 0 Å². The van der Waals surface area contributed by atoms with Crippen LogP contribution >= 0.6 is 0 Å². The molecule has 0 bridgehead atoms. The molecule has 2 unspecified atom stereocenters. The van der Waals surface area contributed by atoms with Crippen LogP contribution < -0.4 is 5.32 Å². The zero-order chi connectivity index (χ0) is 14.8. The number of ether oxygens (including phenoxy) is 1. The minimum atomic E-state index is -3.85. The Bertz CT molecular complexity index is 586. The van der Waals surface area contributed by atoms with Crippen LogP contribution in [0.1, 0.15) is 25.8 Å². The number of carbonyl (C=O) groups is 1. The Balaban J connectivity index is 2.43. The maximum Gasteiger partial charge on any atom is 0.409 e. The molecule has 110 valence electrons. The number of carbonyl (C=O) groups excluding carboxylic acids is 1. The molecule has 1 fully saturated rings. The normalized spacial score (nSPS) is 29.7. The minimum absolute atomic E-state index is 0.213. The molecule has 0 saturated carbocycles. The lowest BCUT2D eigenvalue weighted by Crippen LogP contribution is -2.51. The van der Waals surface area contributed by atoms with E-state index in [9.17, 15) is 13.2 Å². The molecule has 0 radical (unpaired) electrons. The minimum Gasteiger partial charge on any atom is -0.448 e. The van der Waals surface area contributed by atoms with Gasteiger partial charge in [0.1, 0.15) is 11.9 Å². The Labute approximate surface area is 118 Å². The highest BCUT2D eigenvalue weighted by Gasteiger charge is 2.41. The molecule has 1 aromatic carbocycles. The van der Waals surface area contributed by atoms with Crippen LogP contribution in [0.15, 0.2) is 30.3 Å². The summed E-state index contributed by atoms with van der Waals surface area (Å²) in [7, 11) is -3.85. The molecule has 6 nitrogen and oxygen atoms in total. The molecule has 1 saturated heterocycles. The first-order valence-electron chi connectivity index (χ1n) is 6.32. The Kier molecular flexibility index (Phi) is 4.01. The predicted molar refractivity (Wildman–Crippen MR) is 72.4 cm³/mol. The summed E-state index contributed by atoms with van der Waals surface area (Å²) < 4.78 is 34.7. The van der Waals surface area contributed by atoms with Gasteiger partial charge in [-0.2, -0.15) is 8.42 Å². The Morgan fingerprint density at radius 1 is 1.35 bits per heavy atom. The summed E-state index contributed by atoms with van der Waals surface area (Å²) >= 11 is 0. The third-order valence-electron chi connectivity index (χ3n) is 3.21. The molecule has 0 aromatic heterocycles. The number of nitrogens with one attached hydrogen (secondary N) is 1. The second-order valence-corrected chi connectivity index (χ2v) is 6.55. The summed E-state index contributed by atoms with van der Waals surface area (Å²) in [5, 5.41) is 1.58. The van der Waals surface area contributed by atoms with E-state index in [0.29, 0.717) is 12.0 Å². The highest BCUT2D eigenvalue weighted by atomic mass is 32.2. The number of rotatable bonds is 2. The van der Waals surface area contributed by atoms with Gasteiger partial charge in [0, 0.05) is 5.56 Å². The van der Waals surface area contributed by atoms with Crippen LogP contribution in [0.3, 0.4) is 0 Å². The fourth-order valence-corrected chi connectivity index (χ4v) is 3.38. The van der Waals surface area contributed by atoms with E-state index in [4.69, 9.17) is 8.92 Å². The summed E-state index contributed by atoms with van der Waals surface area (Å²) in [6.07, 6.45) is -0.398. The molecule has 1 amide bonds. The van der Waals surface area contributed by atoms with Crippen LogP contribution in [-0.4, -0.2) is 26.4 Å². The van der Waals surface area contributed by atoms with Gasteiger partial charge in [-0.3, -0.25) is 5.32 Å². The van der Waals surface area contributed by atoms with E-state index in [1.807, 2.05) is 0 Å². The molecule has 1 aromatic rings. The summed E-state index contributed by atoms with van der Waals surface area (Å²) in [6.45, 7) is 2.98. The van der Waals surface area contributed by atoms with Crippen LogP contribution in [0, 0.1) is 0 Å². The SMILES string of the molecule is CCC1COC(=O)NC(C)(c2ccccc2)OS1(=O)=O. The summed E-state index contributed by atoms with van der Waals surface area (Å²) in [5.74, 6) is 0. The molecule has 0 aliphatic carbocycles. The van der Waals surface area contributed by atoms with Gasteiger partial charge in [-0.15, -0.1) is 0 Å². The van der Waals surface area contributed by atoms with Gasteiger partial charge >= 0.3 is 6.09 Å². The van der Waals surface area contributed by atoms with E-state index in [1.54, 1.807) is 37.3 Å². The van der Waals surface area contributed by atoms with E-state index in [-0.39, 0.29) is 6.61 Å². The molecule has 2 rings (SSSR count). The predicted octanol–water partition coefficient (Wildman–Crippen LogP) is 1.72. The van der Waals surface area contributed by atoms with E-state index < -0.39 is 27.2 Å². The molecule has 7 heteroatoms. The average molecular weight is 299 g/mol. The van der Waals surface area contributed by atoms with Crippen molar-refractivity contribution in [2.75, 3.05) is 6.61 Å². The van der Waals surface area contributed by atoms with Gasteiger partial charge in [0.25, 0.3) is 10.1 Å². The summed E-state index contributed by atoms with van der Waals surface area (Å²) in [5.41, 5.74) is -0.956. The Morgan fingerprint density at radius 3 is 2.60 bits per heavy atom. The van der Waals surface area contributed by atoms with Crippen LogP contribution in [0.25, 0.3) is 0 Å². The average Bonchev–Trinajstić information content (AvgIpc) is 2.38. The fourth-order valence-electron chi connectivity index (χ4n) is 2.00. The van der Waals surface area contributed by atoms with Crippen LogP contribution in [0.4, 0.5) is 4.79 Å². The van der Waals surface area contributed by atoms with E-state index in [0.717, 1.165) is 0 Å². The Hall–Kier alpha value is -1.60. The van der Waals surface area contributed by atoms with Gasteiger partial charge in [-0.05, 0) is 13.3 Å². The van der Waals surface area contributed by atoms with E-state index >= 15 is 0 Å². The summed E-state index contributed by atoms with van der Waals surface area (Å²) in [6, 6.07) is 8.62. The fraction of sp³-hybridized carbons (Fsp3) is 0.462. The number of benzene rings is 1. The number of cyclic esters (lactones) is 1. The monoisotopic (exact) mass is 299 g/mol. The summed E-state index contributed by atoms with van der Waals surface area (Å²) in [4.78, 5) is 11.7. The first kappa shape index (κ1) is 14.8. The largest absolute Gasteiger partial charge is 0.448 e. The maximum atomic E-state index is 12.2. The van der Waals surface area contributed by atoms with Crippen molar-refractivity contribution in [3.63, 3.8) is 0 Å². The van der Waals surface area contributed by atoms with Crippen molar-refractivity contribution in [1.29, 1.82) is 0 Å². The molecular formula is C13H17NO5S. The molecular weight excluding hydrogens is 282 g/mol. The van der Waals surface area contributed by atoms with Gasteiger partial charge in [0.2, 0.25) is 0 Å². The van der Waals surface area contributed by atoms with Gasteiger partial charge < -0.3 is 4.74 Å². The quantitative estimate of drug-likeness (QED) is 0.841. The van der Waals surface area contributed by atoms with Gasteiger partial charge in [-0.25, -0.2) is 8.98 Å². The number of alkyl carbamates (subject to hydrolysis) is 1. The van der Waals surface area contributed by atoms with Crippen molar-refractivity contribution in [2.45, 2.75) is 31.2 Å². The second kappa shape index (κ2) is 5.41. The standard InChI is InChI=1S/C13H17NO5S/c1-3-11-9-18-12(15)14-13(2,19-20(11,16)17)10-7-5-4-6-8-10/h4-8,11H,3,9H2,1-2H3,(H,14,15). The van der Waals surface area contributed by atoms with Crippen LogP contribution in [0.2, 0.25) is 0 Å². The lowest BCUT2D eigenvalue weighted by molar-refractivity contribution is 0.0325. The van der Waals surface area contributed by atoms with Crippen molar-refractivity contribution in [3.05, 3.63) is 35.9 Å². The zero-order valence-electron chi connectivity index (χ0n) is 11.3. The second-order valence-electron chi connectivity index (χ2n) is 4.73. The van der Waals surface area contributed by atoms with Crippen molar-refractivity contribution in [3.8, 4) is 0 Å². The van der Waals surface area contributed by atoms with Crippen molar-refractivity contribution >= 4 is 16.2 Å². The molecule has 1 N–H and O–H groups in total. The third-order valence-corrected chi connectivity index (χ3v) is 5.06.